The van der Waals surface area contributed by atoms with Crippen LogP contribution < -0.4 is 5.73 Å². The van der Waals surface area contributed by atoms with Gasteiger partial charge in [-0.25, -0.2) is 9.78 Å². The van der Waals surface area contributed by atoms with E-state index in [0.717, 1.165) is 0 Å². The van der Waals surface area contributed by atoms with Crippen LogP contribution in [-0.2, 0) is 16.1 Å². The van der Waals surface area contributed by atoms with Crippen molar-refractivity contribution in [2.75, 3.05) is 19.7 Å². The largest absolute Gasteiger partial charge is 0.479 e. The summed E-state index contributed by atoms with van der Waals surface area (Å²) < 4.78 is 5.05. The van der Waals surface area contributed by atoms with Gasteiger partial charge in [0, 0.05) is 18.5 Å². The summed E-state index contributed by atoms with van der Waals surface area (Å²) in [5.74, 6) is -1.34. The zero-order valence-corrected chi connectivity index (χ0v) is 10.4. The highest BCUT2D eigenvalue weighted by Crippen LogP contribution is 2.14. The number of aliphatic carboxylic acids is 1. The minimum atomic E-state index is -1.06. The van der Waals surface area contributed by atoms with Gasteiger partial charge in [-0.15, -0.1) is 11.3 Å². The minimum Gasteiger partial charge on any atom is -0.479 e. The summed E-state index contributed by atoms with van der Waals surface area (Å²) in [5.41, 5.74) is 5.74. The van der Waals surface area contributed by atoms with E-state index < -0.39 is 12.1 Å². The number of amides is 1. The van der Waals surface area contributed by atoms with E-state index in [1.165, 1.54) is 16.2 Å². The summed E-state index contributed by atoms with van der Waals surface area (Å²) in [4.78, 5) is 28.4. The van der Waals surface area contributed by atoms with E-state index in [4.69, 9.17) is 15.6 Å². The lowest BCUT2D eigenvalue weighted by atomic mass is 10.2. The summed E-state index contributed by atoms with van der Waals surface area (Å²) in [5, 5.41) is 11.2. The van der Waals surface area contributed by atoms with Crippen LogP contribution in [0.5, 0.6) is 0 Å². The fourth-order valence-corrected chi connectivity index (χ4v) is 2.30. The SMILES string of the molecule is NCc1nc(C(=O)N2CCOC(C(=O)O)C2)cs1. The first kappa shape index (κ1) is 12.9. The molecule has 0 bridgehead atoms. The first-order valence-corrected chi connectivity index (χ1v) is 6.28. The van der Waals surface area contributed by atoms with Gasteiger partial charge in [-0.2, -0.15) is 0 Å². The molecule has 0 aliphatic carbocycles. The number of morpholine rings is 1. The molecule has 3 N–H and O–H groups in total. The number of carboxylic acid groups (broad SMARTS) is 1. The second-order valence-corrected chi connectivity index (χ2v) is 4.72. The Hall–Kier alpha value is -1.51. The third-order valence-corrected chi connectivity index (χ3v) is 3.45. The molecule has 1 unspecified atom stereocenters. The molecule has 2 rings (SSSR count). The van der Waals surface area contributed by atoms with E-state index in [-0.39, 0.29) is 19.1 Å². The quantitative estimate of drug-likeness (QED) is 0.769. The number of hydrogen-bond acceptors (Lipinski definition) is 6. The molecule has 7 nitrogen and oxygen atoms in total. The summed E-state index contributed by atoms with van der Waals surface area (Å²) >= 11 is 1.32. The topological polar surface area (TPSA) is 106 Å². The molecule has 1 saturated heterocycles. The lowest BCUT2D eigenvalue weighted by molar-refractivity contribution is -0.154. The number of carbonyl (C=O) groups is 2. The van der Waals surface area contributed by atoms with Crippen LogP contribution in [0.15, 0.2) is 5.38 Å². The number of carboxylic acids is 1. The maximum absolute atomic E-state index is 12.1. The molecule has 1 aliphatic heterocycles. The van der Waals surface area contributed by atoms with Crippen molar-refractivity contribution in [2.24, 2.45) is 5.73 Å². The van der Waals surface area contributed by atoms with Gasteiger partial charge in [0.05, 0.1) is 13.2 Å². The molecule has 98 valence electrons. The van der Waals surface area contributed by atoms with Crippen LogP contribution in [0.1, 0.15) is 15.5 Å². The maximum Gasteiger partial charge on any atom is 0.334 e. The van der Waals surface area contributed by atoms with Gasteiger partial charge >= 0.3 is 5.97 Å². The van der Waals surface area contributed by atoms with Crippen molar-refractivity contribution in [3.63, 3.8) is 0 Å². The zero-order valence-electron chi connectivity index (χ0n) is 9.54. The Labute approximate surface area is 107 Å². The van der Waals surface area contributed by atoms with Crippen molar-refractivity contribution in [1.82, 2.24) is 9.88 Å². The number of nitrogens with two attached hydrogens (primary N) is 1. The van der Waals surface area contributed by atoms with Crippen LogP contribution in [0, 0.1) is 0 Å². The van der Waals surface area contributed by atoms with Crippen molar-refractivity contribution in [3.8, 4) is 0 Å². The van der Waals surface area contributed by atoms with Crippen molar-refractivity contribution in [2.45, 2.75) is 12.6 Å². The van der Waals surface area contributed by atoms with Crippen LogP contribution in [0.3, 0.4) is 0 Å². The molecule has 1 aliphatic rings. The summed E-state index contributed by atoms with van der Waals surface area (Å²) in [6.07, 6.45) is -0.963. The van der Waals surface area contributed by atoms with Gasteiger partial charge in [-0.1, -0.05) is 0 Å². The summed E-state index contributed by atoms with van der Waals surface area (Å²) in [6, 6.07) is 0. The maximum atomic E-state index is 12.1. The molecular formula is C10H13N3O4S. The van der Waals surface area contributed by atoms with E-state index >= 15 is 0 Å². The lowest BCUT2D eigenvalue weighted by Crippen LogP contribution is -2.48. The standard InChI is InChI=1S/C10H13N3O4S/c11-3-8-12-6(5-18-8)9(14)13-1-2-17-7(4-13)10(15)16/h5,7H,1-4,11H2,(H,15,16). The highest BCUT2D eigenvalue weighted by molar-refractivity contribution is 7.09. The average Bonchev–Trinajstić information content (AvgIpc) is 2.86. The van der Waals surface area contributed by atoms with Gasteiger partial charge in [-0.05, 0) is 0 Å². The first-order chi connectivity index (χ1) is 8.61. The molecule has 2 heterocycles. The number of aromatic nitrogens is 1. The second-order valence-electron chi connectivity index (χ2n) is 3.78. The van der Waals surface area contributed by atoms with Gasteiger partial charge in [-0.3, -0.25) is 4.79 Å². The normalized spacial score (nSPS) is 19.8. The summed E-state index contributed by atoms with van der Waals surface area (Å²) in [6.45, 7) is 0.928. The Morgan fingerprint density at radius 3 is 3.06 bits per heavy atom. The monoisotopic (exact) mass is 271 g/mol. The van der Waals surface area contributed by atoms with Gasteiger partial charge in [0.2, 0.25) is 0 Å². The molecule has 0 spiro atoms. The van der Waals surface area contributed by atoms with Gasteiger partial charge in [0.15, 0.2) is 6.10 Å². The smallest absolute Gasteiger partial charge is 0.334 e. The fraction of sp³-hybridized carbons (Fsp3) is 0.500. The number of nitrogens with zero attached hydrogens (tertiary/aromatic N) is 2. The second kappa shape index (κ2) is 5.42. The van der Waals surface area contributed by atoms with Crippen LogP contribution >= 0.6 is 11.3 Å². The molecule has 8 heteroatoms. The van der Waals surface area contributed by atoms with Crippen LogP contribution in [-0.4, -0.2) is 52.7 Å². The van der Waals surface area contributed by atoms with E-state index in [0.29, 0.717) is 23.8 Å². The van der Waals surface area contributed by atoms with E-state index in [1.54, 1.807) is 5.38 Å². The van der Waals surface area contributed by atoms with Crippen LogP contribution in [0.4, 0.5) is 0 Å². The predicted molar refractivity (Wildman–Crippen MR) is 63.3 cm³/mol. The molecule has 1 fully saturated rings. The Kier molecular flexibility index (Phi) is 3.90. The van der Waals surface area contributed by atoms with E-state index in [1.807, 2.05) is 0 Å². The minimum absolute atomic E-state index is 0.0453. The molecule has 1 aromatic rings. The Balaban J connectivity index is 2.06. The molecular weight excluding hydrogens is 258 g/mol. The Morgan fingerprint density at radius 1 is 1.67 bits per heavy atom. The highest BCUT2D eigenvalue weighted by atomic mass is 32.1. The molecule has 1 aromatic heterocycles. The molecule has 0 saturated carbocycles. The highest BCUT2D eigenvalue weighted by Gasteiger charge is 2.30. The van der Waals surface area contributed by atoms with Crippen LogP contribution in [0.25, 0.3) is 0 Å². The third-order valence-electron chi connectivity index (χ3n) is 2.57. The molecule has 1 amide bonds. The number of carbonyl (C=O) groups excluding carboxylic acids is 1. The van der Waals surface area contributed by atoms with Gasteiger partial charge in [0.1, 0.15) is 10.7 Å². The van der Waals surface area contributed by atoms with Gasteiger partial charge < -0.3 is 20.5 Å². The fourth-order valence-electron chi connectivity index (χ4n) is 1.65. The number of rotatable bonds is 3. The van der Waals surface area contributed by atoms with Crippen molar-refractivity contribution in [1.29, 1.82) is 0 Å². The molecule has 1 atom stereocenters. The van der Waals surface area contributed by atoms with E-state index in [9.17, 15) is 9.59 Å². The lowest BCUT2D eigenvalue weighted by Gasteiger charge is -2.30. The van der Waals surface area contributed by atoms with E-state index in [2.05, 4.69) is 4.98 Å². The number of hydrogen-bond donors (Lipinski definition) is 2. The number of ether oxygens (including phenoxy) is 1. The molecule has 18 heavy (non-hydrogen) atoms. The van der Waals surface area contributed by atoms with Crippen molar-refractivity contribution in [3.05, 3.63) is 16.1 Å². The number of thiazole rings is 1. The van der Waals surface area contributed by atoms with Crippen LogP contribution in [0.2, 0.25) is 0 Å². The zero-order chi connectivity index (χ0) is 13.1. The summed E-state index contributed by atoms with van der Waals surface area (Å²) in [7, 11) is 0. The Morgan fingerprint density at radius 2 is 2.44 bits per heavy atom. The first-order valence-electron chi connectivity index (χ1n) is 5.40. The van der Waals surface area contributed by atoms with Crippen molar-refractivity contribution >= 4 is 23.2 Å². The average molecular weight is 271 g/mol. The molecule has 0 aromatic carbocycles. The van der Waals surface area contributed by atoms with Crippen molar-refractivity contribution < 1.29 is 19.4 Å². The van der Waals surface area contributed by atoms with Gasteiger partial charge in [0.25, 0.3) is 5.91 Å². The predicted octanol–water partition coefficient (Wildman–Crippen LogP) is -0.473. The molecule has 0 radical (unpaired) electrons. The third kappa shape index (κ3) is 2.66. The Bertz CT molecular complexity index is 462.